The molecule has 178 valence electrons. The van der Waals surface area contributed by atoms with Crippen LogP contribution in [0.2, 0.25) is 0 Å². The predicted molar refractivity (Wildman–Crippen MR) is 123 cm³/mol. The van der Waals surface area contributed by atoms with Crippen LogP contribution in [-0.4, -0.2) is 51.4 Å². The third-order valence-electron chi connectivity index (χ3n) is 7.02. The summed E-state index contributed by atoms with van der Waals surface area (Å²) >= 11 is 0. The number of benzene rings is 2. The van der Waals surface area contributed by atoms with Gasteiger partial charge < -0.3 is 4.74 Å². The third kappa shape index (κ3) is 5.39. The highest BCUT2D eigenvalue weighted by Crippen LogP contribution is 2.42. The van der Waals surface area contributed by atoms with Crippen molar-refractivity contribution in [1.82, 2.24) is 9.62 Å². The largest absolute Gasteiger partial charge is 0.489 e. The second kappa shape index (κ2) is 9.31. The molecule has 0 radical (unpaired) electrons. The summed E-state index contributed by atoms with van der Waals surface area (Å²) in [6.45, 7) is 2.23. The van der Waals surface area contributed by atoms with Crippen LogP contribution in [0.25, 0.3) is 0 Å². The number of hydrogen-bond donors (Lipinski definition) is 1. The molecule has 2 aliphatic carbocycles. The maximum Gasteiger partial charge on any atom is 0.211 e. The van der Waals surface area contributed by atoms with Crippen molar-refractivity contribution in [2.45, 2.75) is 44.1 Å². The van der Waals surface area contributed by atoms with Gasteiger partial charge in [0.15, 0.2) is 11.6 Å². The predicted octanol–water partition coefficient (Wildman–Crippen LogP) is 3.63. The van der Waals surface area contributed by atoms with Crippen molar-refractivity contribution in [2.75, 3.05) is 32.0 Å². The number of hydrogen-bond acceptors (Lipinski definition) is 4. The van der Waals surface area contributed by atoms with Crippen molar-refractivity contribution in [1.29, 1.82) is 0 Å². The molecule has 33 heavy (non-hydrogen) atoms. The summed E-state index contributed by atoms with van der Waals surface area (Å²) in [5.41, 5.74) is 2.94. The highest BCUT2D eigenvalue weighted by Gasteiger charge is 2.39. The molecule has 8 heteroatoms. The summed E-state index contributed by atoms with van der Waals surface area (Å²) in [6.07, 6.45) is 4.55. The molecule has 2 atom stereocenters. The van der Waals surface area contributed by atoms with E-state index in [0.29, 0.717) is 6.42 Å². The minimum Gasteiger partial charge on any atom is -0.489 e. The maximum atomic E-state index is 14.8. The highest BCUT2D eigenvalue weighted by molar-refractivity contribution is 7.89. The fraction of sp³-hybridized carbons (Fsp3) is 0.520. The smallest absolute Gasteiger partial charge is 0.211 e. The van der Waals surface area contributed by atoms with E-state index in [0.717, 1.165) is 49.0 Å². The Labute approximate surface area is 194 Å². The van der Waals surface area contributed by atoms with E-state index in [-0.39, 0.29) is 48.3 Å². The van der Waals surface area contributed by atoms with E-state index in [2.05, 4.69) is 9.62 Å². The van der Waals surface area contributed by atoms with E-state index < -0.39 is 15.8 Å². The number of rotatable bonds is 10. The molecule has 1 saturated heterocycles. The second-order valence-corrected chi connectivity index (χ2v) is 11.4. The van der Waals surface area contributed by atoms with E-state index in [1.165, 1.54) is 12.5 Å². The zero-order valence-electron chi connectivity index (χ0n) is 18.6. The summed E-state index contributed by atoms with van der Waals surface area (Å²) in [5.74, 6) is 0.0133. The first-order chi connectivity index (χ1) is 15.9. The Hall–Kier alpha value is -2.03. The molecule has 1 heterocycles. The molecule has 5 rings (SSSR count). The standard InChI is InChI=1S/C25H30F2N2O3S/c26-20-4-1-3-18(11-20)12-22-21-15-25(32-10-7-28-33(30,31)16-17-5-6-17)23(27)13-19(21)14-24(22)29-8-2-9-29/h1,3-4,11,13,15,17,22,24,28H,2,5-10,12,14,16H2. The quantitative estimate of drug-likeness (QED) is 0.532. The molecule has 0 amide bonds. The molecule has 0 spiro atoms. The molecule has 1 aliphatic heterocycles. The van der Waals surface area contributed by atoms with Crippen LogP contribution in [0.3, 0.4) is 0 Å². The summed E-state index contributed by atoms with van der Waals surface area (Å²) < 4.78 is 60.8. The molecule has 3 aliphatic rings. The molecule has 0 aromatic heterocycles. The van der Waals surface area contributed by atoms with E-state index in [9.17, 15) is 17.2 Å². The van der Waals surface area contributed by atoms with Crippen LogP contribution >= 0.6 is 0 Å². The Kier molecular flexibility index (Phi) is 6.42. The normalized spacial score (nSPS) is 22.7. The minimum absolute atomic E-state index is 0.0592. The number of nitrogens with one attached hydrogen (secondary N) is 1. The topological polar surface area (TPSA) is 58.6 Å². The van der Waals surface area contributed by atoms with Gasteiger partial charge in [-0.3, -0.25) is 4.90 Å². The summed E-state index contributed by atoms with van der Waals surface area (Å²) in [5, 5.41) is 0. The number of halogens is 2. The average Bonchev–Trinajstić information content (AvgIpc) is 3.46. The van der Waals surface area contributed by atoms with E-state index in [4.69, 9.17) is 4.74 Å². The summed E-state index contributed by atoms with van der Waals surface area (Å²) in [7, 11) is -3.31. The van der Waals surface area contributed by atoms with Crippen molar-refractivity contribution < 1.29 is 21.9 Å². The molecule has 2 fully saturated rings. The molecule has 5 nitrogen and oxygen atoms in total. The van der Waals surface area contributed by atoms with E-state index in [1.54, 1.807) is 24.3 Å². The number of likely N-dealkylation sites (tertiary alicyclic amines) is 1. The first kappa shape index (κ1) is 22.7. The van der Waals surface area contributed by atoms with Gasteiger partial charge in [-0.2, -0.15) is 0 Å². The molecule has 0 bridgehead atoms. The van der Waals surface area contributed by atoms with Crippen LogP contribution < -0.4 is 9.46 Å². The number of nitrogens with zero attached hydrogens (tertiary/aromatic N) is 1. The monoisotopic (exact) mass is 476 g/mol. The SMILES string of the molecule is O=S(=O)(CC1CC1)NCCOc1cc2c(cc1F)CC(N1CCC1)C2Cc1cccc(F)c1. The van der Waals surface area contributed by atoms with Gasteiger partial charge in [0.1, 0.15) is 12.4 Å². The van der Waals surface area contributed by atoms with Gasteiger partial charge in [-0.05, 0) is 92.1 Å². The summed E-state index contributed by atoms with van der Waals surface area (Å²) in [6, 6.07) is 10.3. The maximum absolute atomic E-state index is 14.8. The van der Waals surface area contributed by atoms with Crippen LogP contribution in [0.1, 0.15) is 41.9 Å². The molecule has 2 aromatic rings. The van der Waals surface area contributed by atoms with E-state index >= 15 is 0 Å². The molecule has 2 aromatic carbocycles. The lowest BCUT2D eigenvalue weighted by Gasteiger charge is -2.39. The van der Waals surface area contributed by atoms with Gasteiger partial charge in [0.25, 0.3) is 0 Å². The lowest BCUT2D eigenvalue weighted by atomic mass is 9.89. The zero-order valence-corrected chi connectivity index (χ0v) is 19.4. The lowest BCUT2D eigenvalue weighted by molar-refractivity contribution is 0.106. The van der Waals surface area contributed by atoms with Crippen molar-refractivity contribution in [3.8, 4) is 5.75 Å². The molecular weight excluding hydrogens is 446 g/mol. The fourth-order valence-corrected chi connectivity index (χ4v) is 6.52. The van der Waals surface area contributed by atoms with Gasteiger partial charge in [0, 0.05) is 18.5 Å². The number of ether oxygens (including phenoxy) is 1. The third-order valence-corrected chi connectivity index (χ3v) is 8.58. The van der Waals surface area contributed by atoms with Crippen molar-refractivity contribution in [2.24, 2.45) is 5.92 Å². The molecule has 1 N–H and O–H groups in total. The Morgan fingerprint density at radius 3 is 2.64 bits per heavy atom. The number of fused-ring (bicyclic) bond motifs is 1. The van der Waals surface area contributed by atoms with Crippen molar-refractivity contribution in [3.63, 3.8) is 0 Å². The van der Waals surface area contributed by atoms with Crippen LogP contribution in [0.4, 0.5) is 8.78 Å². The average molecular weight is 477 g/mol. The Morgan fingerprint density at radius 2 is 1.94 bits per heavy atom. The first-order valence-corrected chi connectivity index (χ1v) is 13.4. The van der Waals surface area contributed by atoms with Crippen molar-refractivity contribution >= 4 is 10.0 Å². The molecule has 1 saturated carbocycles. The first-order valence-electron chi connectivity index (χ1n) is 11.8. The Bertz CT molecular complexity index is 1120. The van der Waals surface area contributed by atoms with Gasteiger partial charge >= 0.3 is 0 Å². The van der Waals surface area contributed by atoms with Crippen molar-refractivity contribution in [3.05, 3.63) is 64.7 Å². The summed E-state index contributed by atoms with van der Waals surface area (Å²) in [4.78, 5) is 2.43. The lowest BCUT2D eigenvalue weighted by Crippen LogP contribution is -2.47. The second-order valence-electron chi connectivity index (χ2n) is 9.55. The molecular formula is C25H30F2N2O3S. The van der Waals surface area contributed by atoms with Gasteiger partial charge in [-0.15, -0.1) is 0 Å². The van der Waals surface area contributed by atoms with Gasteiger partial charge in [-0.25, -0.2) is 21.9 Å². The van der Waals surface area contributed by atoms with Crippen LogP contribution in [0.5, 0.6) is 5.75 Å². The Morgan fingerprint density at radius 1 is 1.12 bits per heavy atom. The minimum atomic E-state index is -3.31. The highest BCUT2D eigenvalue weighted by atomic mass is 32.2. The number of sulfonamides is 1. The van der Waals surface area contributed by atoms with Crippen LogP contribution in [0.15, 0.2) is 36.4 Å². The van der Waals surface area contributed by atoms with Crippen LogP contribution in [-0.2, 0) is 22.9 Å². The Balaban J connectivity index is 1.29. The fourth-order valence-electron chi connectivity index (χ4n) is 5.05. The van der Waals surface area contributed by atoms with Gasteiger partial charge in [0.05, 0.1) is 5.75 Å². The van der Waals surface area contributed by atoms with Gasteiger partial charge in [0.2, 0.25) is 10.0 Å². The van der Waals surface area contributed by atoms with E-state index in [1.807, 2.05) is 6.07 Å². The zero-order chi connectivity index (χ0) is 23.0. The molecule has 2 unspecified atom stereocenters. The van der Waals surface area contributed by atoms with Gasteiger partial charge in [-0.1, -0.05) is 12.1 Å². The van der Waals surface area contributed by atoms with Crippen LogP contribution in [0, 0.1) is 17.6 Å².